The lowest BCUT2D eigenvalue weighted by Crippen LogP contribution is -2.39. The van der Waals surface area contributed by atoms with E-state index in [0.717, 1.165) is 24.3 Å². The number of hydrogen-bond acceptors (Lipinski definition) is 3. The highest BCUT2D eigenvalue weighted by molar-refractivity contribution is 5.96. The van der Waals surface area contributed by atoms with Crippen molar-refractivity contribution in [1.82, 2.24) is 4.90 Å². The molecule has 1 unspecified atom stereocenters. The van der Waals surface area contributed by atoms with Crippen LogP contribution in [0.4, 0.5) is 22.0 Å². The van der Waals surface area contributed by atoms with Crippen LogP contribution >= 0.6 is 0 Å². The minimum atomic E-state index is -4.53. The number of amides is 1. The third-order valence-corrected chi connectivity index (χ3v) is 5.35. The van der Waals surface area contributed by atoms with Crippen molar-refractivity contribution in [3.63, 3.8) is 0 Å². The van der Waals surface area contributed by atoms with Gasteiger partial charge in [-0.25, -0.2) is 13.6 Å². The first-order valence-corrected chi connectivity index (χ1v) is 10.5. The zero-order valence-corrected chi connectivity index (χ0v) is 19.1. The van der Waals surface area contributed by atoms with E-state index in [1.165, 1.54) is 24.0 Å². The Labute approximate surface area is 194 Å². The minimum Gasteiger partial charge on any atom is -0.457 e. The van der Waals surface area contributed by atoms with Crippen LogP contribution in [-0.2, 0) is 27.0 Å². The summed E-state index contributed by atoms with van der Waals surface area (Å²) in [5.74, 6) is -3.63. The first-order chi connectivity index (χ1) is 15.7. The van der Waals surface area contributed by atoms with Crippen LogP contribution < -0.4 is 0 Å². The summed E-state index contributed by atoms with van der Waals surface area (Å²) in [4.78, 5) is 27.4. The van der Waals surface area contributed by atoms with Gasteiger partial charge in [-0.2, -0.15) is 13.2 Å². The van der Waals surface area contributed by atoms with E-state index in [2.05, 4.69) is 0 Å². The Hall–Kier alpha value is -3.23. The van der Waals surface area contributed by atoms with Crippen molar-refractivity contribution in [2.75, 3.05) is 0 Å². The molecule has 0 saturated carbocycles. The molecule has 4 nitrogen and oxygen atoms in total. The fourth-order valence-electron chi connectivity index (χ4n) is 3.88. The number of nitrogens with zero attached hydrogens (tertiary/aromatic N) is 1. The van der Waals surface area contributed by atoms with Gasteiger partial charge in [0.1, 0.15) is 17.2 Å². The van der Waals surface area contributed by atoms with Gasteiger partial charge in [0.25, 0.3) is 0 Å². The number of halogens is 5. The van der Waals surface area contributed by atoms with Gasteiger partial charge < -0.3 is 9.64 Å². The Bertz CT molecular complexity index is 1110. The SMILES string of the molecule is CC1=C(C(=O)OC(C)(C)C)C(c2ccc(C(F)(F)F)cc2)CC(=O)N1Cc1cc(F)cc(F)c1. The molecule has 9 heteroatoms. The predicted molar refractivity (Wildman–Crippen MR) is 114 cm³/mol. The van der Waals surface area contributed by atoms with Crippen molar-refractivity contribution in [1.29, 1.82) is 0 Å². The zero-order chi connectivity index (χ0) is 25.4. The second-order valence-electron chi connectivity index (χ2n) is 9.14. The minimum absolute atomic E-state index is 0.103. The van der Waals surface area contributed by atoms with Crippen LogP contribution in [0.3, 0.4) is 0 Å². The Morgan fingerprint density at radius 2 is 1.59 bits per heavy atom. The first-order valence-electron chi connectivity index (χ1n) is 10.5. The normalized spacial score (nSPS) is 17.3. The predicted octanol–water partition coefficient (Wildman–Crippen LogP) is 6.12. The summed E-state index contributed by atoms with van der Waals surface area (Å²) in [6.45, 7) is 6.30. The fraction of sp³-hybridized carbons (Fsp3) is 0.360. The third kappa shape index (κ3) is 5.81. The Morgan fingerprint density at radius 1 is 1.03 bits per heavy atom. The van der Waals surface area contributed by atoms with Gasteiger partial charge >= 0.3 is 12.1 Å². The van der Waals surface area contributed by atoms with Crippen LogP contribution in [0.25, 0.3) is 0 Å². The van der Waals surface area contributed by atoms with E-state index in [-0.39, 0.29) is 29.8 Å². The summed E-state index contributed by atoms with van der Waals surface area (Å²) in [5, 5.41) is 0. The molecule has 0 aromatic heterocycles. The molecule has 0 saturated heterocycles. The van der Waals surface area contributed by atoms with Crippen LogP contribution in [0.5, 0.6) is 0 Å². The molecule has 182 valence electrons. The summed E-state index contributed by atoms with van der Waals surface area (Å²) < 4.78 is 71.8. The van der Waals surface area contributed by atoms with Crippen LogP contribution in [0.2, 0.25) is 0 Å². The van der Waals surface area contributed by atoms with Crippen molar-refractivity contribution >= 4 is 11.9 Å². The number of carbonyl (C=O) groups is 2. The molecule has 1 heterocycles. The summed E-state index contributed by atoms with van der Waals surface area (Å²) in [6.07, 6.45) is -4.76. The lowest BCUT2D eigenvalue weighted by atomic mass is 9.83. The lowest BCUT2D eigenvalue weighted by Gasteiger charge is -2.35. The maximum atomic E-state index is 13.7. The monoisotopic (exact) mass is 481 g/mol. The molecule has 0 radical (unpaired) electrons. The molecule has 0 spiro atoms. The van der Waals surface area contributed by atoms with Crippen LogP contribution in [-0.4, -0.2) is 22.4 Å². The number of carbonyl (C=O) groups excluding carboxylic acids is 2. The van der Waals surface area contributed by atoms with E-state index in [4.69, 9.17) is 4.74 Å². The fourth-order valence-corrected chi connectivity index (χ4v) is 3.88. The largest absolute Gasteiger partial charge is 0.457 e. The molecule has 1 atom stereocenters. The number of allylic oxidation sites excluding steroid dienone is 1. The molecule has 2 aromatic rings. The Kier molecular flexibility index (Phi) is 6.87. The number of ether oxygens (including phenoxy) is 1. The summed E-state index contributed by atoms with van der Waals surface area (Å²) >= 11 is 0. The highest BCUT2D eigenvalue weighted by atomic mass is 19.4. The van der Waals surface area contributed by atoms with E-state index < -0.39 is 46.8 Å². The van der Waals surface area contributed by atoms with E-state index in [1.807, 2.05) is 0 Å². The van der Waals surface area contributed by atoms with E-state index in [1.54, 1.807) is 20.8 Å². The number of esters is 1. The van der Waals surface area contributed by atoms with Crippen molar-refractivity contribution in [3.8, 4) is 0 Å². The average Bonchev–Trinajstić information content (AvgIpc) is 2.68. The second-order valence-corrected chi connectivity index (χ2v) is 9.14. The van der Waals surface area contributed by atoms with Crippen LogP contribution in [0, 0.1) is 11.6 Å². The molecule has 3 rings (SSSR count). The lowest BCUT2D eigenvalue weighted by molar-refractivity contribution is -0.151. The molecular formula is C25H24F5NO3. The number of benzene rings is 2. The van der Waals surface area contributed by atoms with Crippen LogP contribution in [0.1, 0.15) is 56.7 Å². The van der Waals surface area contributed by atoms with Gasteiger partial charge in [-0.1, -0.05) is 12.1 Å². The maximum absolute atomic E-state index is 13.7. The maximum Gasteiger partial charge on any atom is 0.416 e. The van der Waals surface area contributed by atoms with Crippen LogP contribution in [0.15, 0.2) is 53.7 Å². The van der Waals surface area contributed by atoms with Crippen molar-refractivity contribution in [2.45, 2.75) is 58.4 Å². The quantitative estimate of drug-likeness (QED) is 0.391. The van der Waals surface area contributed by atoms with E-state index in [9.17, 15) is 31.5 Å². The van der Waals surface area contributed by atoms with Crippen molar-refractivity contribution in [3.05, 3.63) is 82.1 Å². The molecule has 0 aliphatic carbocycles. The molecule has 34 heavy (non-hydrogen) atoms. The second kappa shape index (κ2) is 9.19. The highest BCUT2D eigenvalue weighted by Crippen LogP contribution is 2.39. The molecule has 0 N–H and O–H groups in total. The summed E-state index contributed by atoms with van der Waals surface area (Å²) in [5.41, 5.74) is -0.883. The first kappa shape index (κ1) is 25.4. The molecule has 1 aliphatic heterocycles. The number of rotatable bonds is 4. The van der Waals surface area contributed by atoms with Gasteiger partial charge in [0.2, 0.25) is 5.91 Å². The van der Waals surface area contributed by atoms with Crippen molar-refractivity contribution in [2.24, 2.45) is 0 Å². The summed E-state index contributed by atoms with van der Waals surface area (Å²) in [6, 6.07) is 7.12. The highest BCUT2D eigenvalue weighted by Gasteiger charge is 2.39. The topological polar surface area (TPSA) is 46.6 Å². The summed E-state index contributed by atoms with van der Waals surface area (Å²) in [7, 11) is 0. The van der Waals surface area contributed by atoms with Gasteiger partial charge in [0, 0.05) is 24.1 Å². The molecule has 0 fully saturated rings. The van der Waals surface area contributed by atoms with Gasteiger partial charge in [-0.15, -0.1) is 0 Å². The molecular weight excluding hydrogens is 457 g/mol. The smallest absolute Gasteiger partial charge is 0.416 e. The van der Waals surface area contributed by atoms with Crippen molar-refractivity contribution < 1.29 is 36.3 Å². The Morgan fingerprint density at radius 3 is 2.09 bits per heavy atom. The third-order valence-electron chi connectivity index (χ3n) is 5.35. The van der Waals surface area contributed by atoms with E-state index >= 15 is 0 Å². The van der Waals surface area contributed by atoms with Gasteiger partial charge in [-0.3, -0.25) is 4.79 Å². The number of hydrogen-bond donors (Lipinski definition) is 0. The van der Waals surface area contributed by atoms with Gasteiger partial charge in [0.05, 0.1) is 17.7 Å². The molecule has 2 aromatic carbocycles. The number of alkyl halides is 3. The molecule has 1 aliphatic rings. The van der Waals surface area contributed by atoms with Gasteiger partial charge in [0.15, 0.2) is 0 Å². The molecule has 1 amide bonds. The van der Waals surface area contributed by atoms with E-state index in [0.29, 0.717) is 11.6 Å². The molecule has 0 bridgehead atoms. The zero-order valence-electron chi connectivity index (χ0n) is 19.1. The Balaban J connectivity index is 2.06. The average molecular weight is 481 g/mol. The van der Waals surface area contributed by atoms with Gasteiger partial charge in [-0.05, 0) is 63.1 Å². The standard InChI is InChI=1S/C25H24F5NO3/c1-14-22(23(33)34-24(2,3)4)20(16-5-7-17(8-6-16)25(28,29)30)12-21(32)31(14)13-15-9-18(26)11-19(27)10-15/h5-11,20H,12-13H2,1-4H3.